The maximum atomic E-state index is 4.18. The van der Waals surface area contributed by atoms with Crippen LogP contribution in [0.1, 0.15) is 33.0 Å². The molecule has 1 aromatic rings. The fraction of sp³-hybridized carbons (Fsp3) is 0.778. The molecular weight excluding hydrogens is 164 g/mol. The molecule has 13 heavy (non-hydrogen) atoms. The molecule has 1 aromatic heterocycles. The van der Waals surface area contributed by atoms with Crippen LogP contribution < -0.4 is 5.32 Å². The Labute approximate surface area is 79.4 Å². The number of rotatable bonds is 5. The summed E-state index contributed by atoms with van der Waals surface area (Å²) in [7, 11) is 0. The number of hydrogen-bond acceptors (Lipinski definition) is 3. The molecule has 74 valence electrons. The predicted molar refractivity (Wildman–Crippen MR) is 52.3 cm³/mol. The van der Waals surface area contributed by atoms with Crippen LogP contribution in [0.5, 0.6) is 0 Å². The van der Waals surface area contributed by atoms with Gasteiger partial charge >= 0.3 is 0 Å². The molecule has 0 saturated heterocycles. The van der Waals surface area contributed by atoms with E-state index < -0.39 is 0 Å². The van der Waals surface area contributed by atoms with E-state index >= 15 is 0 Å². The highest BCUT2D eigenvalue weighted by Gasteiger charge is 2.03. The normalized spacial score (nSPS) is 13.2. The highest BCUT2D eigenvalue weighted by Crippen LogP contribution is 1.95. The van der Waals surface area contributed by atoms with Crippen LogP contribution in [0.4, 0.5) is 0 Å². The van der Waals surface area contributed by atoms with Gasteiger partial charge in [0.05, 0.1) is 6.54 Å². The first kappa shape index (κ1) is 10.2. The lowest BCUT2D eigenvalue weighted by molar-refractivity contribution is 0.500. The SMILES string of the molecule is CCC(C)NCc1ncnn1CC. The lowest BCUT2D eigenvalue weighted by Crippen LogP contribution is -2.26. The van der Waals surface area contributed by atoms with Crippen LogP contribution >= 0.6 is 0 Å². The Balaban J connectivity index is 2.44. The van der Waals surface area contributed by atoms with Crippen molar-refractivity contribution in [2.75, 3.05) is 0 Å². The third-order valence-corrected chi connectivity index (χ3v) is 2.22. The molecule has 1 N–H and O–H groups in total. The van der Waals surface area contributed by atoms with Gasteiger partial charge in [0.25, 0.3) is 0 Å². The number of nitrogens with one attached hydrogen (secondary N) is 1. The molecular formula is C9H18N4. The summed E-state index contributed by atoms with van der Waals surface area (Å²) < 4.78 is 1.91. The molecule has 4 nitrogen and oxygen atoms in total. The van der Waals surface area contributed by atoms with Crippen molar-refractivity contribution >= 4 is 0 Å². The maximum absolute atomic E-state index is 4.18. The average molecular weight is 182 g/mol. The van der Waals surface area contributed by atoms with Crippen LogP contribution in [-0.4, -0.2) is 20.8 Å². The Morgan fingerprint density at radius 1 is 1.54 bits per heavy atom. The largest absolute Gasteiger partial charge is 0.307 e. The van der Waals surface area contributed by atoms with Crippen LogP contribution in [0.25, 0.3) is 0 Å². The van der Waals surface area contributed by atoms with Crippen molar-refractivity contribution in [1.29, 1.82) is 0 Å². The monoisotopic (exact) mass is 182 g/mol. The van der Waals surface area contributed by atoms with Crippen molar-refractivity contribution in [3.63, 3.8) is 0 Å². The van der Waals surface area contributed by atoms with Gasteiger partial charge in [0.1, 0.15) is 12.2 Å². The van der Waals surface area contributed by atoms with Crippen molar-refractivity contribution in [2.24, 2.45) is 0 Å². The lowest BCUT2D eigenvalue weighted by Gasteiger charge is -2.10. The van der Waals surface area contributed by atoms with E-state index in [-0.39, 0.29) is 0 Å². The summed E-state index contributed by atoms with van der Waals surface area (Å²) in [5.41, 5.74) is 0. The van der Waals surface area contributed by atoms with Crippen LogP contribution in [0.2, 0.25) is 0 Å². The molecule has 0 aliphatic heterocycles. The first-order valence-electron chi connectivity index (χ1n) is 4.88. The van der Waals surface area contributed by atoms with Gasteiger partial charge in [-0.3, -0.25) is 0 Å². The molecule has 1 rings (SSSR count). The molecule has 0 spiro atoms. The van der Waals surface area contributed by atoms with Gasteiger partial charge in [-0.15, -0.1) is 0 Å². The van der Waals surface area contributed by atoms with E-state index in [9.17, 15) is 0 Å². The quantitative estimate of drug-likeness (QED) is 0.743. The van der Waals surface area contributed by atoms with Crippen LogP contribution in [-0.2, 0) is 13.1 Å². The number of nitrogens with zero attached hydrogens (tertiary/aromatic N) is 3. The van der Waals surface area contributed by atoms with Gasteiger partial charge in [-0.1, -0.05) is 6.92 Å². The molecule has 0 aromatic carbocycles. The summed E-state index contributed by atoms with van der Waals surface area (Å²) >= 11 is 0. The zero-order valence-corrected chi connectivity index (χ0v) is 8.62. The van der Waals surface area contributed by atoms with E-state index in [2.05, 4.69) is 36.2 Å². The molecule has 0 aliphatic rings. The van der Waals surface area contributed by atoms with Gasteiger partial charge in [-0.05, 0) is 20.3 Å². The van der Waals surface area contributed by atoms with Gasteiger partial charge in [0.2, 0.25) is 0 Å². The minimum absolute atomic E-state index is 0.544. The van der Waals surface area contributed by atoms with E-state index in [4.69, 9.17) is 0 Å². The standard InChI is InChI=1S/C9H18N4/c1-4-8(3)10-6-9-11-7-12-13(9)5-2/h7-8,10H,4-6H2,1-3H3. The summed E-state index contributed by atoms with van der Waals surface area (Å²) in [4.78, 5) is 4.18. The summed E-state index contributed by atoms with van der Waals surface area (Å²) in [6.45, 7) is 8.11. The molecule has 1 unspecified atom stereocenters. The summed E-state index contributed by atoms with van der Waals surface area (Å²) in [5, 5.41) is 7.49. The minimum Gasteiger partial charge on any atom is -0.307 e. The fourth-order valence-electron chi connectivity index (χ4n) is 1.10. The Kier molecular flexibility index (Phi) is 3.89. The molecule has 0 aliphatic carbocycles. The van der Waals surface area contributed by atoms with Gasteiger partial charge in [-0.25, -0.2) is 9.67 Å². The van der Waals surface area contributed by atoms with E-state index in [1.165, 1.54) is 0 Å². The Bertz CT molecular complexity index is 244. The van der Waals surface area contributed by atoms with Gasteiger partial charge in [0, 0.05) is 12.6 Å². The second kappa shape index (κ2) is 4.97. The van der Waals surface area contributed by atoms with E-state index in [0.29, 0.717) is 6.04 Å². The average Bonchev–Trinajstić information content (AvgIpc) is 2.61. The molecule has 0 saturated carbocycles. The third kappa shape index (κ3) is 2.81. The van der Waals surface area contributed by atoms with Crippen molar-refractivity contribution < 1.29 is 0 Å². The van der Waals surface area contributed by atoms with Crippen LogP contribution in [0, 0.1) is 0 Å². The Morgan fingerprint density at radius 2 is 2.31 bits per heavy atom. The molecule has 0 amide bonds. The minimum atomic E-state index is 0.544. The molecule has 1 atom stereocenters. The molecule has 0 radical (unpaired) electrons. The Morgan fingerprint density at radius 3 is 2.92 bits per heavy atom. The van der Waals surface area contributed by atoms with Crippen molar-refractivity contribution in [1.82, 2.24) is 20.1 Å². The topological polar surface area (TPSA) is 42.7 Å². The number of aryl methyl sites for hydroxylation is 1. The molecule has 4 heteroatoms. The number of aromatic nitrogens is 3. The van der Waals surface area contributed by atoms with E-state index in [0.717, 1.165) is 25.3 Å². The Hall–Kier alpha value is -0.900. The zero-order valence-electron chi connectivity index (χ0n) is 8.62. The van der Waals surface area contributed by atoms with Crippen molar-refractivity contribution in [3.8, 4) is 0 Å². The van der Waals surface area contributed by atoms with Crippen LogP contribution in [0.3, 0.4) is 0 Å². The number of hydrogen-bond donors (Lipinski definition) is 1. The molecule has 1 heterocycles. The van der Waals surface area contributed by atoms with Gasteiger partial charge < -0.3 is 5.32 Å². The summed E-state index contributed by atoms with van der Waals surface area (Å²) in [5.74, 6) is 1.02. The maximum Gasteiger partial charge on any atom is 0.140 e. The summed E-state index contributed by atoms with van der Waals surface area (Å²) in [6.07, 6.45) is 2.75. The van der Waals surface area contributed by atoms with Crippen molar-refractivity contribution in [2.45, 2.75) is 46.3 Å². The predicted octanol–water partition coefficient (Wildman–Crippen LogP) is 1.19. The summed E-state index contributed by atoms with van der Waals surface area (Å²) in [6, 6.07) is 0.544. The smallest absolute Gasteiger partial charge is 0.140 e. The van der Waals surface area contributed by atoms with Crippen molar-refractivity contribution in [3.05, 3.63) is 12.2 Å². The van der Waals surface area contributed by atoms with Gasteiger partial charge in [0.15, 0.2) is 0 Å². The van der Waals surface area contributed by atoms with E-state index in [1.54, 1.807) is 6.33 Å². The second-order valence-corrected chi connectivity index (χ2v) is 3.18. The van der Waals surface area contributed by atoms with Crippen LogP contribution in [0.15, 0.2) is 6.33 Å². The highest BCUT2D eigenvalue weighted by molar-refractivity contribution is 4.83. The zero-order chi connectivity index (χ0) is 9.68. The highest BCUT2D eigenvalue weighted by atomic mass is 15.3. The first-order valence-corrected chi connectivity index (χ1v) is 4.88. The molecule has 0 fully saturated rings. The van der Waals surface area contributed by atoms with E-state index in [1.807, 2.05) is 4.68 Å². The lowest BCUT2D eigenvalue weighted by atomic mass is 10.2. The third-order valence-electron chi connectivity index (χ3n) is 2.22. The molecule has 0 bridgehead atoms. The fourth-order valence-corrected chi connectivity index (χ4v) is 1.10. The second-order valence-electron chi connectivity index (χ2n) is 3.18. The first-order chi connectivity index (χ1) is 6.27. The van der Waals surface area contributed by atoms with Gasteiger partial charge in [-0.2, -0.15) is 5.10 Å².